The minimum Gasteiger partial charge on any atom is -0.352 e. The molecule has 0 aromatic carbocycles. The van der Waals surface area contributed by atoms with Gasteiger partial charge in [0.05, 0.1) is 0 Å². The van der Waals surface area contributed by atoms with E-state index in [9.17, 15) is 4.79 Å². The average molecular weight is 216 g/mol. The number of hydrogen-bond donors (Lipinski definition) is 1. The molecule has 2 rings (SSSR count). The Labute approximate surface area is 90.4 Å². The molecule has 2 nitrogen and oxygen atoms in total. The molecule has 2 aliphatic carbocycles. The van der Waals surface area contributed by atoms with Crippen LogP contribution in [0.1, 0.15) is 32.6 Å². The molecule has 0 aromatic heterocycles. The largest absolute Gasteiger partial charge is 0.352 e. The third-order valence-corrected chi connectivity index (χ3v) is 4.19. The molecular formula is C11H18ClNO. The summed E-state index contributed by atoms with van der Waals surface area (Å²) in [5.74, 6) is 2.58. The second-order valence-corrected chi connectivity index (χ2v) is 5.10. The first-order valence-electron chi connectivity index (χ1n) is 5.56. The zero-order valence-electron chi connectivity index (χ0n) is 8.63. The first-order chi connectivity index (χ1) is 6.70. The zero-order valence-corrected chi connectivity index (χ0v) is 9.39. The number of alkyl halides is 1. The Balaban J connectivity index is 1.86. The van der Waals surface area contributed by atoms with Crippen LogP contribution in [-0.4, -0.2) is 17.8 Å². The minimum absolute atomic E-state index is 0.0260. The smallest absolute Gasteiger partial charge is 0.235 e. The lowest BCUT2D eigenvalue weighted by molar-refractivity contribution is -0.119. The summed E-state index contributed by atoms with van der Waals surface area (Å²) >= 11 is 5.47. The second kappa shape index (κ2) is 4.09. The number of hydrogen-bond acceptors (Lipinski definition) is 1. The van der Waals surface area contributed by atoms with E-state index < -0.39 is 0 Å². The molecule has 0 aliphatic heterocycles. The molecule has 0 spiro atoms. The first kappa shape index (κ1) is 10.3. The molecule has 1 amide bonds. The summed E-state index contributed by atoms with van der Waals surface area (Å²) in [6.45, 7) is 2.12. The van der Waals surface area contributed by atoms with Gasteiger partial charge in [0, 0.05) is 6.04 Å². The van der Waals surface area contributed by atoms with Crippen molar-refractivity contribution < 1.29 is 4.79 Å². The molecule has 2 fully saturated rings. The fourth-order valence-corrected chi connectivity index (χ4v) is 3.38. The molecular weight excluding hydrogens is 198 g/mol. The van der Waals surface area contributed by atoms with Gasteiger partial charge in [0.1, 0.15) is 5.88 Å². The molecule has 0 heterocycles. The van der Waals surface area contributed by atoms with E-state index in [1.54, 1.807) is 0 Å². The van der Waals surface area contributed by atoms with E-state index in [4.69, 9.17) is 11.6 Å². The van der Waals surface area contributed by atoms with Gasteiger partial charge in [-0.25, -0.2) is 0 Å². The van der Waals surface area contributed by atoms with Crippen molar-refractivity contribution in [2.75, 3.05) is 5.88 Å². The van der Waals surface area contributed by atoms with Crippen LogP contribution in [0.2, 0.25) is 0 Å². The van der Waals surface area contributed by atoms with Gasteiger partial charge in [0.15, 0.2) is 0 Å². The van der Waals surface area contributed by atoms with Crippen molar-refractivity contribution in [2.45, 2.75) is 38.6 Å². The highest BCUT2D eigenvalue weighted by atomic mass is 35.5. The minimum atomic E-state index is -0.0260. The van der Waals surface area contributed by atoms with Crippen LogP contribution in [0.3, 0.4) is 0 Å². The van der Waals surface area contributed by atoms with Crippen molar-refractivity contribution in [2.24, 2.45) is 17.8 Å². The van der Waals surface area contributed by atoms with Gasteiger partial charge in [-0.15, -0.1) is 11.6 Å². The summed E-state index contributed by atoms with van der Waals surface area (Å²) in [5.41, 5.74) is 0. The quantitative estimate of drug-likeness (QED) is 0.719. The Bertz CT molecular complexity index is 231. The standard InChI is InChI=1S/C11H18ClNO/c1-7(13-11(14)6-12)10-5-8-2-3-9(10)4-8/h7-10H,2-6H2,1H3,(H,13,14)/t7-,8+,9+,10+/m1/s1. The number of fused-ring (bicyclic) bond motifs is 2. The topological polar surface area (TPSA) is 29.1 Å². The lowest BCUT2D eigenvalue weighted by Crippen LogP contribution is -2.40. The highest BCUT2D eigenvalue weighted by molar-refractivity contribution is 6.27. The molecule has 2 saturated carbocycles. The van der Waals surface area contributed by atoms with E-state index in [1.807, 2.05) is 0 Å². The van der Waals surface area contributed by atoms with Crippen molar-refractivity contribution >= 4 is 17.5 Å². The number of carbonyl (C=O) groups is 1. The van der Waals surface area contributed by atoms with Crippen LogP contribution in [0, 0.1) is 17.8 Å². The molecule has 2 bridgehead atoms. The predicted octanol–water partition coefficient (Wildman–Crippen LogP) is 2.17. The monoisotopic (exact) mass is 215 g/mol. The van der Waals surface area contributed by atoms with Gasteiger partial charge in [-0.05, 0) is 43.9 Å². The van der Waals surface area contributed by atoms with E-state index in [0.717, 1.165) is 11.8 Å². The van der Waals surface area contributed by atoms with Gasteiger partial charge in [0.2, 0.25) is 5.91 Å². The molecule has 80 valence electrons. The maximum Gasteiger partial charge on any atom is 0.235 e. The van der Waals surface area contributed by atoms with E-state index in [2.05, 4.69) is 12.2 Å². The Kier molecular flexibility index (Phi) is 3.01. The fraction of sp³-hybridized carbons (Fsp3) is 0.909. The van der Waals surface area contributed by atoms with Crippen LogP contribution in [0.15, 0.2) is 0 Å². The predicted molar refractivity (Wildman–Crippen MR) is 57.3 cm³/mol. The molecule has 14 heavy (non-hydrogen) atoms. The van der Waals surface area contributed by atoms with Gasteiger partial charge in [0.25, 0.3) is 0 Å². The zero-order chi connectivity index (χ0) is 10.1. The first-order valence-corrected chi connectivity index (χ1v) is 6.09. The highest BCUT2D eigenvalue weighted by Crippen LogP contribution is 2.49. The summed E-state index contributed by atoms with van der Waals surface area (Å²) in [7, 11) is 0. The van der Waals surface area contributed by atoms with Crippen LogP contribution >= 0.6 is 11.6 Å². The Morgan fingerprint density at radius 3 is 2.79 bits per heavy atom. The van der Waals surface area contributed by atoms with Crippen LogP contribution < -0.4 is 5.32 Å². The van der Waals surface area contributed by atoms with Crippen LogP contribution in [0.5, 0.6) is 0 Å². The van der Waals surface area contributed by atoms with Crippen molar-refractivity contribution in [3.05, 3.63) is 0 Å². The van der Waals surface area contributed by atoms with Gasteiger partial charge in [-0.3, -0.25) is 4.79 Å². The van der Waals surface area contributed by atoms with E-state index in [0.29, 0.717) is 12.0 Å². The SMILES string of the molecule is C[C@@H](NC(=O)CCl)[C@@H]1C[C@H]2CC[C@H]1C2. The maximum atomic E-state index is 11.1. The maximum absolute atomic E-state index is 11.1. The highest BCUT2D eigenvalue weighted by Gasteiger charge is 2.41. The van der Waals surface area contributed by atoms with E-state index in [-0.39, 0.29) is 11.8 Å². The Morgan fingerprint density at radius 2 is 2.29 bits per heavy atom. The number of amides is 1. The van der Waals surface area contributed by atoms with Gasteiger partial charge < -0.3 is 5.32 Å². The molecule has 1 N–H and O–H groups in total. The van der Waals surface area contributed by atoms with Crippen LogP contribution in [0.25, 0.3) is 0 Å². The summed E-state index contributed by atoms with van der Waals surface area (Å²) in [4.78, 5) is 11.1. The molecule has 0 radical (unpaired) electrons. The normalized spacial score (nSPS) is 37.1. The van der Waals surface area contributed by atoms with E-state index >= 15 is 0 Å². The number of carbonyl (C=O) groups excluding carboxylic acids is 1. The van der Waals surface area contributed by atoms with Crippen molar-refractivity contribution in [1.82, 2.24) is 5.32 Å². The number of rotatable bonds is 3. The third kappa shape index (κ3) is 1.90. The van der Waals surface area contributed by atoms with Crippen LogP contribution in [0.4, 0.5) is 0 Å². The average Bonchev–Trinajstić information content (AvgIpc) is 2.78. The van der Waals surface area contributed by atoms with Gasteiger partial charge in [-0.2, -0.15) is 0 Å². The molecule has 4 atom stereocenters. The van der Waals surface area contributed by atoms with Crippen LogP contribution in [-0.2, 0) is 4.79 Å². The van der Waals surface area contributed by atoms with Crippen molar-refractivity contribution in [3.63, 3.8) is 0 Å². The number of nitrogens with one attached hydrogen (secondary N) is 1. The number of halogens is 1. The Hall–Kier alpha value is -0.240. The third-order valence-electron chi connectivity index (χ3n) is 3.95. The summed E-state index contributed by atoms with van der Waals surface area (Å²) in [6.07, 6.45) is 5.49. The summed E-state index contributed by atoms with van der Waals surface area (Å²) in [6, 6.07) is 0.316. The Morgan fingerprint density at radius 1 is 1.50 bits per heavy atom. The van der Waals surface area contributed by atoms with Gasteiger partial charge in [-0.1, -0.05) is 6.42 Å². The molecule has 3 heteroatoms. The lowest BCUT2D eigenvalue weighted by Gasteiger charge is -2.28. The molecule has 2 aliphatic rings. The molecule has 0 aromatic rings. The fourth-order valence-electron chi connectivity index (χ4n) is 3.31. The van der Waals surface area contributed by atoms with Crippen molar-refractivity contribution in [3.8, 4) is 0 Å². The molecule has 0 unspecified atom stereocenters. The molecule has 0 saturated heterocycles. The second-order valence-electron chi connectivity index (χ2n) is 4.83. The van der Waals surface area contributed by atoms with E-state index in [1.165, 1.54) is 25.7 Å². The lowest BCUT2D eigenvalue weighted by atomic mass is 9.84. The summed E-state index contributed by atoms with van der Waals surface area (Å²) in [5, 5.41) is 2.99. The van der Waals surface area contributed by atoms with Crippen molar-refractivity contribution in [1.29, 1.82) is 0 Å². The van der Waals surface area contributed by atoms with Gasteiger partial charge >= 0.3 is 0 Å². The summed E-state index contributed by atoms with van der Waals surface area (Å²) < 4.78 is 0.